The Bertz CT molecular complexity index is 2760. The molecule has 1 aliphatic rings. The summed E-state index contributed by atoms with van der Waals surface area (Å²) in [6, 6.07) is 24.3. The number of hydrogen-bond acceptors (Lipinski definition) is 0. The van der Waals surface area contributed by atoms with Crippen molar-refractivity contribution < 1.29 is 92.4 Å². The average Bonchev–Trinajstić information content (AvgIpc) is 3.34. The largest absolute Gasteiger partial charge is 0.212 e. The lowest BCUT2D eigenvalue weighted by Gasteiger charge is -2.44. The second-order valence-corrected chi connectivity index (χ2v) is 15.5. The molecular weight excluding hydrogens is 957 g/mol. The maximum Gasteiger partial charge on any atom is 0.212 e. The van der Waals surface area contributed by atoms with Crippen LogP contribution in [0.25, 0.3) is 10.9 Å². The van der Waals surface area contributed by atoms with E-state index < -0.39 is 144 Å². The fourth-order valence-corrected chi connectivity index (χ4v) is 8.85. The molecule has 0 atom stereocenters. The molecule has 7 aromatic rings. The minimum absolute atomic E-state index is 0.720. The molecule has 1 aliphatic carbocycles. The maximum absolute atomic E-state index is 15.4. The van der Waals surface area contributed by atoms with Gasteiger partial charge < -0.3 is 0 Å². The highest BCUT2D eigenvalue weighted by atomic mass is 19.2. The number of benzene rings is 6. The highest BCUT2D eigenvalue weighted by molar-refractivity contribution is 7.20. The third-order valence-electron chi connectivity index (χ3n) is 11.9. The molecule has 68 heavy (non-hydrogen) atoms. The average molecular weight is 981 g/mol. The molecule has 8 rings (SSSR count). The Kier molecular flexibility index (Phi) is 13.6. The molecule has 1 fully saturated rings. The lowest BCUT2D eigenvalue weighted by Crippen LogP contribution is -2.81. The van der Waals surface area contributed by atoms with Gasteiger partial charge in [0.2, 0.25) is 5.52 Å². The number of pyridine rings is 1. The summed E-state index contributed by atoms with van der Waals surface area (Å²) in [5.41, 5.74) is -10.1. The predicted molar refractivity (Wildman–Crippen MR) is 205 cm³/mol. The zero-order chi connectivity index (χ0) is 49.8. The summed E-state index contributed by atoms with van der Waals surface area (Å²) in [4.78, 5) is 0. The fraction of sp³-hybridized carbons (Fsp3) is 0.152. The van der Waals surface area contributed by atoms with Crippen molar-refractivity contribution in [2.24, 2.45) is 0 Å². The van der Waals surface area contributed by atoms with Gasteiger partial charge in [-0.15, -0.1) is 21.9 Å². The van der Waals surface area contributed by atoms with Crippen LogP contribution in [0.1, 0.15) is 49.3 Å². The normalized spacial score (nSPS) is 13.3. The Hall–Kier alpha value is -6.61. The first-order valence-corrected chi connectivity index (χ1v) is 19.8. The smallest absolute Gasteiger partial charge is 0.207 e. The summed E-state index contributed by atoms with van der Waals surface area (Å²) in [5.74, 6) is -70.7. The topological polar surface area (TPSA) is 3.88 Å². The molecule has 0 bridgehead atoms. The molecule has 1 nitrogen and oxygen atoms in total. The molecule has 0 radical (unpaired) electrons. The van der Waals surface area contributed by atoms with E-state index in [9.17, 15) is 52.7 Å². The zero-order valence-electron chi connectivity index (χ0n) is 33.8. The third-order valence-corrected chi connectivity index (χ3v) is 11.9. The van der Waals surface area contributed by atoms with Crippen LogP contribution in [0.5, 0.6) is 0 Å². The number of halogens is 20. The van der Waals surface area contributed by atoms with Crippen molar-refractivity contribution in [1.29, 1.82) is 0 Å². The molecule has 0 saturated heterocycles. The van der Waals surface area contributed by atoms with E-state index >= 15 is 35.1 Å². The Morgan fingerprint density at radius 2 is 0.647 bits per heavy atom. The molecule has 0 aliphatic heterocycles. The van der Waals surface area contributed by atoms with Crippen LogP contribution in [0.3, 0.4) is 0 Å². The molecule has 0 spiro atoms. The van der Waals surface area contributed by atoms with Gasteiger partial charge in [-0.1, -0.05) is 61.7 Å². The first-order valence-electron chi connectivity index (χ1n) is 19.8. The first kappa shape index (κ1) is 49.3. The number of rotatable bonds is 7. The molecule has 22 heteroatoms. The molecule has 1 aromatic heterocycles. The van der Waals surface area contributed by atoms with Crippen LogP contribution in [0.15, 0.2) is 66.7 Å². The van der Waals surface area contributed by atoms with Crippen molar-refractivity contribution in [3.8, 4) is 0 Å². The van der Waals surface area contributed by atoms with E-state index in [1.54, 1.807) is 0 Å². The quantitative estimate of drug-likeness (QED) is 0.0493. The van der Waals surface area contributed by atoms with Gasteiger partial charge in [-0.3, -0.25) is 0 Å². The molecule has 356 valence electrons. The van der Waals surface area contributed by atoms with Crippen LogP contribution in [-0.2, 0) is 6.54 Å². The van der Waals surface area contributed by atoms with Crippen molar-refractivity contribution >= 4 is 38.9 Å². The van der Waals surface area contributed by atoms with Crippen LogP contribution < -0.4 is 26.4 Å². The van der Waals surface area contributed by atoms with Gasteiger partial charge in [-0.05, 0) is 25.0 Å². The number of fused-ring (bicyclic) bond motifs is 1. The van der Waals surface area contributed by atoms with Gasteiger partial charge in [-0.2, -0.15) is 4.57 Å². The van der Waals surface area contributed by atoms with Crippen LogP contribution in [-0.4, -0.2) is 6.15 Å². The Morgan fingerprint density at radius 3 is 1.00 bits per heavy atom. The Balaban J connectivity index is 0.000000246. The van der Waals surface area contributed by atoms with Crippen LogP contribution in [0.2, 0.25) is 0 Å². The summed E-state index contributed by atoms with van der Waals surface area (Å²) >= 11 is 0. The number of aromatic nitrogens is 1. The van der Waals surface area contributed by atoms with E-state index in [-0.39, 0.29) is 0 Å². The molecule has 1 heterocycles. The molecule has 0 amide bonds. The van der Waals surface area contributed by atoms with E-state index in [2.05, 4.69) is 71.3 Å². The highest BCUT2D eigenvalue weighted by Crippen LogP contribution is 2.33. The number of para-hydroxylation sites is 1. The number of nitrogens with zero attached hydrogens (tertiary/aromatic N) is 1. The van der Waals surface area contributed by atoms with E-state index in [0.717, 1.165) is 12.5 Å². The summed E-state index contributed by atoms with van der Waals surface area (Å²) < 4.78 is 297. The first-order chi connectivity index (χ1) is 32.1. The van der Waals surface area contributed by atoms with Crippen molar-refractivity contribution in [2.45, 2.75) is 44.6 Å². The number of hydrogen-bond donors (Lipinski definition) is 0. The van der Waals surface area contributed by atoms with Crippen molar-refractivity contribution in [3.63, 3.8) is 0 Å². The summed E-state index contributed by atoms with van der Waals surface area (Å²) in [7, 11) is 0. The minimum atomic E-state index is -7.22. The van der Waals surface area contributed by atoms with E-state index in [1.807, 2.05) is 0 Å². The summed E-state index contributed by atoms with van der Waals surface area (Å²) in [5, 5.41) is 1.34. The monoisotopic (exact) mass is 981 g/mol. The van der Waals surface area contributed by atoms with Crippen LogP contribution in [0, 0.1) is 116 Å². The van der Waals surface area contributed by atoms with Gasteiger partial charge in [0.25, 0.3) is 0 Å². The van der Waals surface area contributed by atoms with Gasteiger partial charge in [-0.25, -0.2) is 87.8 Å². The maximum atomic E-state index is 15.4. The molecule has 6 aromatic carbocycles. The van der Waals surface area contributed by atoms with Crippen LogP contribution in [0.4, 0.5) is 87.8 Å². The second kappa shape index (κ2) is 18.8. The highest BCUT2D eigenvalue weighted by Gasteiger charge is 2.52. The van der Waals surface area contributed by atoms with Gasteiger partial charge in [0, 0.05) is 29.0 Å². The fourth-order valence-electron chi connectivity index (χ4n) is 8.85. The lowest BCUT2D eigenvalue weighted by atomic mass is 9.12. The predicted octanol–water partition coefficient (Wildman–Crippen LogP) is 11.1. The standard InChI is InChI=1S/C24BF20.C22H24N/c26-5-1(6(27)14(35)21(42)13(5)34)25(2-7(28)15(36)22(43)16(37)8(2)29,3-9(30)17(38)23(44)18(39)10(3)31)4-11(32)19(40)24(45)20(41)12(4)33;1-3-9-18(10-4-1)17-23-21-14-8-7-13-20(21)15-16-22(23)19-11-5-2-6-12-19/h;1,3-4,7-10,13-16,19H,2,5-6,11-12,17H2/q-1;+1. The van der Waals surface area contributed by atoms with Crippen molar-refractivity contribution in [1.82, 2.24) is 0 Å². The Morgan fingerprint density at radius 1 is 0.338 bits per heavy atom. The second-order valence-electron chi connectivity index (χ2n) is 15.5. The van der Waals surface area contributed by atoms with Crippen molar-refractivity contribution in [3.05, 3.63) is 194 Å². The SMILES string of the molecule is Fc1c(F)c(F)c([B-](c2c(F)c(F)c(F)c(F)c2F)(c2c(F)c(F)c(F)c(F)c2F)c2c(F)c(F)c(F)c(F)c2F)c(F)c1F.c1ccc(C[n+]2c(C3CCCCC3)ccc3ccccc32)cc1. The lowest BCUT2D eigenvalue weighted by molar-refractivity contribution is -0.671. The van der Waals surface area contributed by atoms with E-state index in [4.69, 9.17) is 0 Å². The van der Waals surface area contributed by atoms with Gasteiger partial charge in [0.1, 0.15) is 52.7 Å². The van der Waals surface area contributed by atoms with E-state index in [1.165, 1.54) is 54.3 Å². The summed E-state index contributed by atoms with van der Waals surface area (Å²) in [6.07, 6.45) is -0.375. The summed E-state index contributed by atoms with van der Waals surface area (Å²) in [6.45, 7) is 0.966. The molecule has 0 unspecified atom stereocenters. The molecule has 1 saturated carbocycles. The zero-order valence-corrected chi connectivity index (χ0v) is 33.8. The minimum Gasteiger partial charge on any atom is -0.207 e. The van der Waals surface area contributed by atoms with Crippen LogP contribution >= 0.6 is 0 Å². The third kappa shape index (κ3) is 7.78. The van der Waals surface area contributed by atoms with Gasteiger partial charge in [0.05, 0.1) is 0 Å². The molecular formula is C46H24BF20N. The molecule has 0 N–H and O–H groups in total. The van der Waals surface area contributed by atoms with Gasteiger partial charge >= 0.3 is 0 Å². The Labute approximate surface area is 369 Å². The van der Waals surface area contributed by atoms with Gasteiger partial charge in [0.15, 0.2) is 82.0 Å². The van der Waals surface area contributed by atoms with E-state index in [0.29, 0.717) is 0 Å². The van der Waals surface area contributed by atoms with Crippen molar-refractivity contribution in [2.75, 3.05) is 0 Å².